The lowest BCUT2D eigenvalue weighted by atomic mass is 9.33. The highest BCUT2D eigenvalue weighted by Crippen LogP contribution is 2.76. The molecule has 242 valence electrons. The standard InChI is InChI=1S/C37H58O6/c1-23-15-20-37(32(41)42-8)22-21-35(6)25(31(37)24(23)2)13-14-27-34(5)18-17-28(43-30(40)12-10-9-11-29(38)39)33(3,4)26(34)16-19-36(27,35)7/h13,23-24,26-28,31H,9-12,14-22H2,1-8H3,(H,38,39)/t23-,24+,26+,27-,28+,31?,34+,35-,36-,37?/m1/s1. The van der Waals surface area contributed by atoms with Gasteiger partial charge in [-0.3, -0.25) is 14.4 Å². The van der Waals surface area contributed by atoms with Crippen LogP contribution in [0.25, 0.3) is 0 Å². The minimum absolute atomic E-state index is 0.0126. The molecule has 0 heterocycles. The Labute approximate surface area is 260 Å². The molecule has 0 aliphatic heterocycles. The minimum Gasteiger partial charge on any atom is -0.481 e. The first kappa shape index (κ1) is 32.5. The zero-order valence-corrected chi connectivity index (χ0v) is 28.2. The van der Waals surface area contributed by atoms with E-state index in [2.05, 4.69) is 54.5 Å². The molecule has 0 aromatic rings. The summed E-state index contributed by atoms with van der Waals surface area (Å²) in [7, 11) is 1.58. The quantitative estimate of drug-likeness (QED) is 0.180. The molecule has 5 aliphatic carbocycles. The number of allylic oxidation sites excluding steroid dienone is 2. The van der Waals surface area contributed by atoms with Crippen molar-refractivity contribution in [1.29, 1.82) is 0 Å². The van der Waals surface area contributed by atoms with Gasteiger partial charge in [0.25, 0.3) is 0 Å². The molecule has 5 aliphatic rings. The van der Waals surface area contributed by atoms with Crippen molar-refractivity contribution in [3.8, 4) is 0 Å². The monoisotopic (exact) mass is 598 g/mol. The number of aliphatic carboxylic acids is 1. The first-order valence-corrected chi connectivity index (χ1v) is 17.3. The van der Waals surface area contributed by atoms with Gasteiger partial charge in [-0.15, -0.1) is 0 Å². The van der Waals surface area contributed by atoms with E-state index in [1.807, 2.05) is 0 Å². The van der Waals surface area contributed by atoms with Crippen LogP contribution in [0.4, 0.5) is 0 Å². The summed E-state index contributed by atoms with van der Waals surface area (Å²) in [6, 6.07) is 0. The van der Waals surface area contributed by atoms with Crippen molar-refractivity contribution in [2.45, 2.75) is 138 Å². The smallest absolute Gasteiger partial charge is 0.312 e. The zero-order chi connectivity index (χ0) is 31.6. The molecule has 0 aromatic heterocycles. The van der Waals surface area contributed by atoms with Crippen LogP contribution >= 0.6 is 0 Å². The van der Waals surface area contributed by atoms with Crippen LogP contribution in [0.3, 0.4) is 0 Å². The average Bonchev–Trinajstić information content (AvgIpc) is 2.94. The Morgan fingerprint density at radius 3 is 2.26 bits per heavy atom. The van der Waals surface area contributed by atoms with Gasteiger partial charge in [0.1, 0.15) is 6.10 Å². The van der Waals surface area contributed by atoms with Crippen LogP contribution in [0.1, 0.15) is 132 Å². The van der Waals surface area contributed by atoms with E-state index in [1.165, 1.54) is 0 Å². The Kier molecular flexibility index (Phi) is 8.47. The van der Waals surface area contributed by atoms with Gasteiger partial charge in [0.15, 0.2) is 0 Å². The van der Waals surface area contributed by atoms with E-state index in [-0.39, 0.29) is 57.5 Å². The predicted molar refractivity (Wildman–Crippen MR) is 167 cm³/mol. The number of hydrogen-bond donors (Lipinski definition) is 1. The molecular formula is C37H58O6. The SMILES string of the molecule is COC(=O)C12CC[C@@H](C)[C@H](C)C1C1=CC[C@@H]3[C@@]4(C)CC[C@H](OC(=O)CCCCC(=O)O)C(C)(C)[C@@H]4CC[C@@]3(C)[C@]1(C)CC2. The Morgan fingerprint density at radius 1 is 0.884 bits per heavy atom. The van der Waals surface area contributed by atoms with Crippen LogP contribution < -0.4 is 0 Å². The fourth-order valence-corrected chi connectivity index (χ4v) is 12.0. The molecule has 6 nitrogen and oxygen atoms in total. The van der Waals surface area contributed by atoms with Gasteiger partial charge in [-0.1, -0.05) is 60.1 Å². The number of fused-ring (bicyclic) bond motifs is 7. The van der Waals surface area contributed by atoms with Gasteiger partial charge in [0.05, 0.1) is 12.5 Å². The largest absolute Gasteiger partial charge is 0.481 e. The highest BCUT2D eigenvalue weighted by atomic mass is 16.5. The number of carbonyl (C=O) groups excluding carboxylic acids is 2. The Hall–Kier alpha value is -1.85. The molecule has 0 aromatic carbocycles. The van der Waals surface area contributed by atoms with Crippen LogP contribution in [-0.4, -0.2) is 36.2 Å². The fraction of sp³-hybridized carbons (Fsp3) is 0.865. The third kappa shape index (κ3) is 4.82. The van der Waals surface area contributed by atoms with Gasteiger partial charge < -0.3 is 14.6 Å². The average molecular weight is 599 g/mol. The van der Waals surface area contributed by atoms with E-state index in [0.717, 1.165) is 57.8 Å². The maximum atomic E-state index is 13.5. The van der Waals surface area contributed by atoms with Gasteiger partial charge in [-0.2, -0.15) is 0 Å². The first-order valence-electron chi connectivity index (χ1n) is 17.3. The van der Waals surface area contributed by atoms with Gasteiger partial charge in [0, 0.05) is 18.3 Å². The molecule has 6 heteroatoms. The second-order valence-electron chi connectivity index (χ2n) is 16.7. The number of rotatable bonds is 7. The number of carboxylic acids is 1. The number of ether oxygens (including phenoxy) is 2. The van der Waals surface area contributed by atoms with Crippen LogP contribution in [0.2, 0.25) is 0 Å². The summed E-state index contributed by atoms with van der Waals surface area (Å²) >= 11 is 0. The van der Waals surface area contributed by atoms with E-state index in [0.29, 0.717) is 42.9 Å². The summed E-state index contributed by atoms with van der Waals surface area (Å²) < 4.78 is 11.7. The number of hydrogen-bond acceptors (Lipinski definition) is 5. The predicted octanol–water partition coefficient (Wildman–Crippen LogP) is 8.37. The van der Waals surface area contributed by atoms with Crippen LogP contribution in [0, 0.1) is 56.7 Å². The molecule has 0 saturated heterocycles. The third-order valence-corrected chi connectivity index (χ3v) is 14.8. The molecule has 43 heavy (non-hydrogen) atoms. The van der Waals surface area contributed by atoms with Crippen LogP contribution in [-0.2, 0) is 23.9 Å². The molecule has 4 saturated carbocycles. The molecule has 10 atom stereocenters. The van der Waals surface area contributed by atoms with Crippen LogP contribution in [0.15, 0.2) is 11.6 Å². The summed E-state index contributed by atoms with van der Waals surface area (Å²) in [5, 5.41) is 8.90. The van der Waals surface area contributed by atoms with E-state index >= 15 is 0 Å². The number of carbonyl (C=O) groups is 3. The van der Waals surface area contributed by atoms with Crippen molar-refractivity contribution in [3.63, 3.8) is 0 Å². The molecule has 0 radical (unpaired) electrons. The lowest BCUT2D eigenvalue weighted by Gasteiger charge is -2.71. The minimum atomic E-state index is -0.817. The molecular weight excluding hydrogens is 540 g/mol. The molecule has 4 fully saturated rings. The van der Waals surface area contributed by atoms with Crippen molar-refractivity contribution in [2.75, 3.05) is 7.11 Å². The van der Waals surface area contributed by atoms with Crippen molar-refractivity contribution in [3.05, 3.63) is 11.6 Å². The van der Waals surface area contributed by atoms with Gasteiger partial charge >= 0.3 is 17.9 Å². The van der Waals surface area contributed by atoms with Gasteiger partial charge in [0.2, 0.25) is 0 Å². The van der Waals surface area contributed by atoms with Crippen molar-refractivity contribution < 1.29 is 29.0 Å². The van der Waals surface area contributed by atoms with Gasteiger partial charge in [-0.25, -0.2) is 0 Å². The zero-order valence-electron chi connectivity index (χ0n) is 28.2. The summed E-state index contributed by atoms with van der Waals surface area (Å²) in [6.07, 6.45) is 13.2. The van der Waals surface area contributed by atoms with E-state index in [4.69, 9.17) is 14.6 Å². The number of carboxylic acid groups (broad SMARTS) is 1. The highest BCUT2D eigenvalue weighted by molar-refractivity contribution is 5.78. The summed E-state index contributed by atoms with van der Waals surface area (Å²) in [6.45, 7) is 17.1. The van der Waals surface area contributed by atoms with E-state index in [1.54, 1.807) is 12.7 Å². The van der Waals surface area contributed by atoms with E-state index in [9.17, 15) is 14.4 Å². The van der Waals surface area contributed by atoms with Crippen molar-refractivity contribution in [2.24, 2.45) is 56.7 Å². The third-order valence-electron chi connectivity index (χ3n) is 14.8. The number of esters is 2. The van der Waals surface area contributed by atoms with Crippen molar-refractivity contribution in [1.82, 2.24) is 0 Å². The lowest BCUT2D eigenvalue weighted by Crippen LogP contribution is -2.65. The molecule has 0 bridgehead atoms. The Balaban J connectivity index is 1.41. The maximum Gasteiger partial charge on any atom is 0.312 e. The van der Waals surface area contributed by atoms with Crippen molar-refractivity contribution >= 4 is 17.9 Å². The first-order chi connectivity index (χ1) is 20.1. The Morgan fingerprint density at radius 2 is 1.58 bits per heavy atom. The summed E-state index contributed by atoms with van der Waals surface area (Å²) in [5.74, 6) is 1.33. The Bertz CT molecular complexity index is 1160. The molecule has 0 spiro atoms. The topological polar surface area (TPSA) is 89.9 Å². The maximum absolute atomic E-state index is 13.5. The fourth-order valence-electron chi connectivity index (χ4n) is 12.0. The number of methoxy groups -OCH3 is 1. The summed E-state index contributed by atoms with van der Waals surface area (Å²) in [5.41, 5.74) is 1.40. The van der Waals surface area contributed by atoms with E-state index < -0.39 is 5.97 Å². The van der Waals surface area contributed by atoms with Crippen LogP contribution in [0.5, 0.6) is 0 Å². The molecule has 5 rings (SSSR count). The summed E-state index contributed by atoms with van der Waals surface area (Å²) in [4.78, 5) is 37.2. The van der Waals surface area contributed by atoms with Gasteiger partial charge in [-0.05, 0) is 116 Å². The molecule has 0 amide bonds. The second kappa shape index (κ2) is 11.2. The second-order valence-corrected chi connectivity index (χ2v) is 16.7. The normalized spacial score (nSPS) is 44.9. The lowest BCUT2D eigenvalue weighted by molar-refractivity contribution is -0.215. The number of unbranched alkanes of at least 4 members (excludes halogenated alkanes) is 1. The molecule has 1 N–H and O–H groups in total. The molecule has 2 unspecified atom stereocenters. The highest BCUT2D eigenvalue weighted by Gasteiger charge is 2.69.